The number of nitrogens with zero attached hydrogens (tertiary/aromatic N) is 2. The van der Waals surface area contributed by atoms with Crippen LogP contribution in [0.4, 0.5) is 0 Å². The molecule has 6 heteroatoms. The highest BCUT2D eigenvalue weighted by atomic mass is 16.5. The number of aromatic carboxylic acids is 1. The summed E-state index contributed by atoms with van der Waals surface area (Å²) in [6, 6.07) is 3.16. The monoisotopic (exact) mass is 276 g/mol. The molecule has 1 aromatic heterocycles. The van der Waals surface area contributed by atoms with Gasteiger partial charge < -0.3 is 14.3 Å². The van der Waals surface area contributed by atoms with E-state index >= 15 is 0 Å². The molecule has 0 fully saturated rings. The van der Waals surface area contributed by atoms with E-state index in [-0.39, 0.29) is 12.2 Å². The lowest BCUT2D eigenvalue weighted by atomic mass is 10.1. The summed E-state index contributed by atoms with van der Waals surface area (Å²) in [5.74, 6) is 0.666. The lowest BCUT2D eigenvalue weighted by Crippen LogP contribution is -2.03. The summed E-state index contributed by atoms with van der Waals surface area (Å²) >= 11 is 0. The second-order valence-corrected chi connectivity index (χ2v) is 4.48. The summed E-state index contributed by atoms with van der Waals surface area (Å²) < 4.78 is 11.0. The van der Waals surface area contributed by atoms with Crippen LogP contribution in [-0.2, 0) is 13.0 Å². The average molecular weight is 276 g/mol. The smallest absolute Gasteiger partial charge is 0.335 e. The molecular weight excluding hydrogens is 260 g/mol. The second-order valence-electron chi connectivity index (χ2n) is 4.48. The van der Waals surface area contributed by atoms with Gasteiger partial charge in [-0.2, -0.15) is 0 Å². The van der Waals surface area contributed by atoms with Crippen LogP contribution < -0.4 is 4.74 Å². The zero-order valence-corrected chi connectivity index (χ0v) is 11.6. The van der Waals surface area contributed by atoms with Gasteiger partial charge in [0.1, 0.15) is 5.75 Å². The molecule has 0 saturated heterocycles. The summed E-state index contributed by atoms with van der Waals surface area (Å²) in [7, 11) is 0. The first kappa shape index (κ1) is 14.0. The minimum atomic E-state index is -0.952. The van der Waals surface area contributed by atoms with Crippen LogP contribution in [0, 0.1) is 13.8 Å². The Hall–Kier alpha value is -2.37. The number of carbonyl (C=O) groups is 1. The number of benzene rings is 1. The van der Waals surface area contributed by atoms with E-state index < -0.39 is 5.97 Å². The van der Waals surface area contributed by atoms with Crippen LogP contribution in [0.15, 0.2) is 16.5 Å². The number of aromatic nitrogens is 2. The molecule has 1 aromatic carbocycles. The lowest BCUT2D eigenvalue weighted by molar-refractivity contribution is 0.0696. The van der Waals surface area contributed by atoms with Crippen molar-refractivity contribution < 1.29 is 19.1 Å². The van der Waals surface area contributed by atoms with Gasteiger partial charge in [0.2, 0.25) is 5.89 Å². The standard InChI is InChI=1S/C14H16N2O4/c1-4-11-15-16-12(20-11)7-19-13-8(2)5-10(14(17)18)6-9(13)3/h5-6H,4,7H2,1-3H3,(H,17,18). The highest BCUT2D eigenvalue weighted by molar-refractivity contribution is 5.88. The largest absolute Gasteiger partial charge is 0.483 e. The molecule has 0 atom stereocenters. The van der Waals surface area contributed by atoms with Gasteiger partial charge in [0.25, 0.3) is 5.89 Å². The maximum absolute atomic E-state index is 11.0. The Morgan fingerprint density at radius 2 is 1.85 bits per heavy atom. The van der Waals surface area contributed by atoms with Gasteiger partial charge in [-0.05, 0) is 37.1 Å². The molecule has 6 nitrogen and oxygen atoms in total. The molecule has 0 unspecified atom stereocenters. The molecule has 2 aromatic rings. The number of carboxylic acid groups (broad SMARTS) is 1. The van der Waals surface area contributed by atoms with Crippen molar-refractivity contribution in [2.45, 2.75) is 33.8 Å². The van der Waals surface area contributed by atoms with Gasteiger partial charge in [0.05, 0.1) is 5.56 Å². The lowest BCUT2D eigenvalue weighted by Gasteiger charge is -2.11. The molecule has 0 bridgehead atoms. The molecule has 2 rings (SSSR count). The van der Waals surface area contributed by atoms with E-state index in [9.17, 15) is 4.79 Å². The van der Waals surface area contributed by atoms with E-state index in [2.05, 4.69) is 10.2 Å². The Balaban J connectivity index is 2.15. The van der Waals surface area contributed by atoms with E-state index in [4.69, 9.17) is 14.3 Å². The fraction of sp³-hybridized carbons (Fsp3) is 0.357. The quantitative estimate of drug-likeness (QED) is 0.903. The van der Waals surface area contributed by atoms with Gasteiger partial charge in [-0.1, -0.05) is 6.92 Å². The number of aryl methyl sites for hydroxylation is 3. The summed E-state index contributed by atoms with van der Waals surface area (Å²) in [6.07, 6.45) is 0.679. The van der Waals surface area contributed by atoms with Gasteiger partial charge in [0, 0.05) is 6.42 Å². The Morgan fingerprint density at radius 1 is 1.25 bits per heavy atom. The van der Waals surface area contributed by atoms with E-state index in [0.29, 0.717) is 24.0 Å². The molecular formula is C14H16N2O4. The van der Waals surface area contributed by atoms with Crippen molar-refractivity contribution in [2.75, 3.05) is 0 Å². The highest BCUT2D eigenvalue weighted by Gasteiger charge is 2.12. The van der Waals surface area contributed by atoms with E-state index in [0.717, 1.165) is 11.1 Å². The molecule has 0 amide bonds. The van der Waals surface area contributed by atoms with Crippen LogP contribution in [-0.4, -0.2) is 21.3 Å². The van der Waals surface area contributed by atoms with Gasteiger partial charge in [-0.3, -0.25) is 0 Å². The molecule has 0 spiro atoms. The maximum Gasteiger partial charge on any atom is 0.335 e. The third-order valence-corrected chi connectivity index (χ3v) is 2.86. The van der Waals surface area contributed by atoms with Gasteiger partial charge >= 0.3 is 5.97 Å². The maximum atomic E-state index is 11.0. The predicted octanol–water partition coefficient (Wildman–Crippen LogP) is 2.53. The van der Waals surface area contributed by atoms with Gasteiger partial charge in [-0.25, -0.2) is 4.79 Å². The first-order valence-electron chi connectivity index (χ1n) is 6.29. The molecule has 0 radical (unpaired) electrons. The number of rotatable bonds is 5. The Bertz CT molecular complexity index is 611. The van der Waals surface area contributed by atoms with Gasteiger partial charge in [-0.15, -0.1) is 10.2 Å². The van der Waals surface area contributed by atoms with Crippen LogP contribution in [0.5, 0.6) is 5.75 Å². The van der Waals surface area contributed by atoms with E-state index in [1.165, 1.54) is 0 Å². The fourth-order valence-electron chi connectivity index (χ4n) is 1.92. The molecule has 1 heterocycles. The third kappa shape index (κ3) is 2.96. The van der Waals surface area contributed by atoms with Crippen molar-refractivity contribution in [1.29, 1.82) is 0 Å². The third-order valence-electron chi connectivity index (χ3n) is 2.86. The Morgan fingerprint density at radius 3 is 2.35 bits per heavy atom. The van der Waals surface area contributed by atoms with Crippen LogP contribution in [0.2, 0.25) is 0 Å². The Kier molecular flexibility index (Phi) is 4.02. The van der Waals surface area contributed by atoms with Crippen molar-refractivity contribution in [3.8, 4) is 5.75 Å². The minimum absolute atomic E-state index is 0.168. The van der Waals surface area contributed by atoms with Crippen LogP contribution in [0.1, 0.15) is 40.2 Å². The van der Waals surface area contributed by atoms with Gasteiger partial charge in [0.15, 0.2) is 6.61 Å². The molecule has 106 valence electrons. The molecule has 20 heavy (non-hydrogen) atoms. The summed E-state index contributed by atoms with van der Waals surface area (Å²) in [5, 5.41) is 16.7. The number of ether oxygens (including phenoxy) is 1. The van der Waals surface area contributed by atoms with E-state index in [1.807, 2.05) is 6.92 Å². The molecule has 1 N–H and O–H groups in total. The Labute approximate surface area is 116 Å². The van der Waals surface area contributed by atoms with Crippen LogP contribution >= 0.6 is 0 Å². The number of hydrogen-bond acceptors (Lipinski definition) is 5. The van der Waals surface area contributed by atoms with Crippen LogP contribution in [0.25, 0.3) is 0 Å². The molecule has 0 aliphatic heterocycles. The van der Waals surface area contributed by atoms with Crippen molar-refractivity contribution in [3.05, 3.63) is 40.6 Å². The molecule has 0 aliphatic carbocycles. The van der Waals surface area contributed by atoms with E-state index in [1.54, 1.807) is 26.0 Å². The first-order valence-corrected chi connectivity index (χ1v) is 6.29. The van der Waals surface area contributed by atoms with Crippen LogP contribution in [0.3, 0.4) is 0 Å². The van der Waals surface area contributed by atoms with Crippen molar-refractivity contribution in [3.63, 3.8) is 0 Å². The zero-order chi connectivity index (χ0) is 14.7. The average Bonchev–Trinajstić information content (AvgIpc) is 2.85. The zero-order valence-electron chi connectivity index (χ0n) is 11.6. The SMILES string of the molecule is CCc1nnc(COc2c(C)cc(C(=O)O)cc2C)o1. The van der Waals surface area contributed by atoms with Crippen molar-refractivity contribution in [1.82, 2.24) is 10.2 Å². The highest BCUT2D eigenvalue weighted by Crippen LogP contribution is 2.25. The van der Waals surface area contributed by atoms with Crippen molar-refractivity contribution in [2.24, 2.45) is 0 Å². The normalized spacial score (nSPS) is 10.6. The first-order chi connectivity index (χ1) is 9.51. The second kappa shape index (κ2) is 5.73. The number of hydrogen-bond donors (Lipinski definition) is 1. The predicted molar refractivity (Wildman–Crippen MR) is 70.9 cm³/mol. The molecule has 0 saturated carbocycles. The molecule has 0 aliphatic rings. The van der Waals surface area contributed by atoms with Crippen molar-refractivity contribution >= 4 is 5.97 Å². The minimum Gasteiger partial charge on any atom is -0.483 e. The topological polar surface area (TPSA) is 85.5 Å². The summed E-state index contributed by atoms with van der Waals surface area (Å²) in [5.41, 5.74) is 1.77. The fourth-order valence-corrected chi connectivity index (χ4v) is 1.92. The number of carboxylic acids is 1. The summed E-state index contributed by atoms with van der Waals surface area (Å²) in [4.78, 5) is 11.0. The summed E-state index contributed by atoms with van der Waals surface area (Å²) in [6.45, 7) is 5.71.